The molecule has 3 aromatic rings. The van der Waals surface area contributed by atoms with Gasteiger partial charge in [-0.2, -0.15) is 0 Å². The third-order valence-corrected chi connectivity index (χ3v) is 5.91. The van der Waals surface area contributed by atoms with Gasteiger partial charge in [-0.05, 0) is 31.0 Å². The highest BCUT2D eigenvalue weighted by Crippen LogP contribution is 2.44. The summed E-state index contributed by atoms with van der Waals surface area (Å²) in [4.78, 5) is 29.6. The van der Waals surface area contributed by atoms with Gasteiger partial charge in [0.2, 0.25) is 5.91 Å². The molecule has 0 radical (unpaired) electrons. The number of para-hydroxylation sites is 2. The van der Waals surface area contributed by atoms with Crippen LogP contribution < -0.4 is 15.6 Å². The second kappa shape index (κ2) is 8.07. The molecule has 4 rings (SSSR count). The molecule has 0 bridgehead atoms. The molecular formula is C23H25N3O3. The summed E-state index contributed by atoms with van der Waals surface area (Å²) in [7, 11) is 1.68. The van der Waals surface area contributed by atoms with Crippen LogP contribution in [-0.4, -0.2) is 29.1 Å². The van der Waals surface area contributed by atoms with Crippen molar-refractivity contribution in [2.75, 3.05) is 13.7 Å². The fourth-order valence-electron chi connectivity index (χ4n) is 4.37. The number of carbonyl (C=O) groups excluding carboxylic acids is 1. The summed E-state index contributed by atoms with van der Waals surface area (Å²) in [6.07, 6.45) is 5.70. The molecule has 0 saturated heterocycles. The van der Waals surface area contributed by atoms with Crippen molar-refractivity contribution in [3.05, 3.63) is 70.8 Å². The number of methoxy groups -OCH3 is 1. The third kappa shape index (κ3) is 3.75. The Hall–Kier alpha value is -3.15. The number of rotatable bonds is 6. The van der Waals surface area contributed by atoms with Crippen LogP contribution in [0.25, 0.3) is 10.9 Å². The monoisotopic (exact) mass is 391 g/mol. The lowest BCUT2D eigenvalue weighted by molar-refractivity contribution is -0.122. The van der Waals surface area contributed by atoms with E-state index < -0.39 is 0 Å². The average molecular weight is 391 g/mol. The SMILES string of the molecule is COc1ccccc1C1(CNC(=O)Cn2cnc3ccccc3c2=O)CCCC1. The van der Waals surface area contributed by atoms with Gasteiger partial charge in [-0.1, -0.05) is 43.2 Å². The Bertz CT molecular complexity index is 1080. The highest BCUT2D eigenvalue weighted by molar-refractivity contribution is 5.79. The van der Waals surface area contributed by atoms with E-state index in [2.05, 4.69) is 16.4 Å². The number of benzene rings is 2. The molecule has 1 aromatic heterocycles. The number of amides is 1. The maximum absolute atomic E-state index is 12.7. The number of nitrogens with zero attached hydrogens (tertiary/aromatic N) is 2. The van der Waals surface area contributed by atoms with Crippen LogP contribution in [0.1, 0.15) is 31.2 Å². The summed E-state index contributed by atoms with van der Waals surface area (Å²) < 4.78 is 6.94. The van der Waals surface area contributed by atoms with Crippen LogP contribution in [0, 0.1) is 0 Å². The smallest absolute Gasteiger partial charge is 0.261 e. The minimum Gasteiger partial charge on any atom is -0.496 e. The van der Waals surface area contributed by atoms with Crippen LogP contribution in [0.4, 0.5) is 0 Å². The Balaban J connectivity index is 1.51. The number of fused-ring (bicyclic) bond motifs is 1. The third-order valence-electron chi connectivity index (χ3n) is 5.91. The van der Waals surface area contributed by atoms with Gasteiger partial charge in [-0.25, -0.2) is 4.98 Å². The van der Waals surface area contributed by atoms with Crippen molar-refractivity contribution in [3.8, 4) is 5.75 Å². The first-order valence-electron chi connectivity index (χ1n) is 9.97. The second-order valence-corrected chi connectivity index (χ2v) is 7.66. The van der Waals surface area contributed by atoms with Crippen molar-refractivity contribution >= 4 is 16.8 Å². The Morgan fingerprint density at radius 1 is 1.14 bits per heavy atom. The molecule has 150 valence electrons. The van der Waals surface area contributed by atoms with Crippen molar-refractivity contribution in [1.29, 1.82) is 0 Å². The molecule has 6 heteroatoms. The van der Waals surface area contributed by atoms with E-state index in [0.717, 1.165) is 37.0 Å². The first-order chi connectivity index (χ1) is 14.1. The van der Waals surface area contributed by atoms with E-state index in [-0.39, 0.29) is 23.4 Å². The molecule has 2 aromatic carbocycles. The van der Waals surface area contributed by atoms with Crippen molar-refractivity contribution < 1.29 is 9.53 Å². The summed E-state index contributed by atoms with van der Waals surface area (Å²) in [6.45, 7) is 0.487. The second-order valence-electron chi connectivity index (χ2n) is 7.66. The van der Waals surface area contributed by atoms with Gasteiger partial charge in [0.05, 0.1) is 24.3 Å². The summed E-state index contributed by atoms with van der Waals surface area (Å²) >= 11 is 0. The van der Waals surface area contributed by atoms with Crippen LogP contribution in [0.3, 0.4) is 0 Å². The first-order valence-corrected chi connectivity index (χ1v) is 9.97. The van der Waals surface area contributed by atoms with Gasteiger partial charge < -0.3 is 10.1 Å². The predicted molar refractivity (Wildman–Crippen MR) is 112 cm³/mol. The molecule has 0 unspecified atom stereocenters. The molecule has 1 heterocycles. The van der Waals surface area contributed by atoms with Gasteiger partial charge in [0, 0.05) is 17.5 Å². The molecular weight excluding hydrogens is 366 g/mol. The molecule has 1 aliphatic rings. The lowest BCUT2D eigenvalue weighted by Crippen LogP contribution is -2.41. The van der Waals surface area contributed by atoms with E-state index >= 15 is 0 Å². The average Bonchev–Trinajstić information content (AvgIpc) is 3.24. The minimum atomic E-state index is -0.203. The number of nitrogens with one attached hydrogen (secondary N) is 1. The van der Waals surface area contributed by atoms with Crippen LogP contribution in [-0.2, 0) is 16.8 Å². The Morgan fingerprint density at radius 3 is 2.66 bits per heavy atom. The number of hydrogen-bond donors (Lipinski definition) is 1. The topological polar surface area (TPSA) is 73.2 Å². The molecule has 1 saturated carbocycles. The lowest BCUT2D eigenvalue weighted by atomic mass is 9.78. The molecule has 0 spiro atoms. The quantitative estimate of drug-likeness (QED) is 0.701. The van der Waals surface area contributed by atoms with E-state index in [1.807, 2.05) is 24.3 Å². The van der Waals surface area contributed by atoms with E-state index in [1.165, 1.54) is 10.9 Å². The number of aromatic nitrogens is 2. The van der Waals surface area contributed by atoms with E-state index in [1.54, 1.807) is 25.3 Å². The molecule has 1 fully saturated rings. The van der Waals surface area contributed by atoms with E-state index in [9.17, 15) is 9.59 Å². The van der Waals surface area contributed by atoms with Crippen LogP contribution in [0.5, 0.6) is 5.75 Å². The van der Waals surface area contributed by atoms with Gasteiger partial charge in [-0.3, -0.25) is 14.2 Å². The number of hydrogen-bond acceptors (Lipinski definition) is 4. The molecule has 1 amide bonds. The van der Waals surface area contributed by atoms with E-state index in [4.69, 9.17) is 4.74 Å². The van der Waals surface area contributed by atoms with Crippen molar-refractivity contribution in [1.82, 2.24) is 14.9 Å². The molecule has 1 N–H and O–H groups in total. The van der Waals surface area contributed by atoms with Gasteiger partial charge in [0.1, 0.15) is 12.3 Å². The van der Waals surface area contributed by atoms with Crippen LogP contribution in [0.2, 0.25) is 0 Å². The maximum Gasteiger partial charge on any atom is 0.261 e. The molecule has 6 nitrogen and oxygen atoms in total. The highest BCUT2D eigenvalue weighted by atomic mass is 16.5. The Kier molecular flexibility index (Phi) is 5.34. The molecule has 1 aliphatic carbocycles. The zero-order chi connectivity index (χ0) is 20.3. The van der Waals surface area contributed by atoms with Crippen molar-refractivity contribution in [2.24, 2.45) is 0 Å². The Morgan fingerprint density at radius 2 is 1.86 bits per heavy atom. The summed E-state index contributed by atoms with van der Waals surface area (Å²) in [6, 6.07) is 15.2. The number of ether oxygens (including phenoxy) is 1. The normalized spacial score (nSPS) is 15.3. The van der Waals surface area contributed by atoms with Crippen molar-refractivity contribution in [3.63, 3.8) is 0 Å². The van der Waals surface area contributed by atoms with Gasteiger partial charge in [0.25, 0.3) is 5.56 Å². The predicted octanol–water partition coefficient (Wildman–Crippen LogP) is 3.03. The zero-order valence-electron chi connectivity index (χ0n) is 16.6. The van der Waals surface area contributed by atoms with Gasteiger partial charge in [0.15, 0.2) is 0 Å². The summed E-state index contributed by atoms with van der Waals surface area (Å²) in [5.74, 6) is 0.670. The minimum absolute atomic E-state index is 0.0430. The maximum atomic E-state index is 12.7. The highest BCUT2D eigenvalue weighted by Gasteiger charge is 2.38. The van der Waals surface area contributed by atoms with Crippen molar-refractivity contribution in [2.45, 2.75) is 37.6 Å². The largest absolute Gasteiger partial charge is 0.496 e. The summed E-state index contributed by atoms with van der Waals surface area (Å²) in [5, 5.41) is 3.57. The van der Waals surface area contributed by atoms with Crippen LogP contribution in [0.15, 0.2) is 59.7 Å². The Labute approximate surface area is 169 Å². The molecule has 29 heavy (non-hydrogen) atoms. The van der Waals surface area contributed by atoms with Crippen LogP contribution >= 0.6 is 0 Å². The zero-order valence-corrected chi connectivity index (χ0v) is 16.6. The summed E-state index contributed by atoms with van der Waals surface area (Å²) in [5.41, 5.74) is 1.45. The van der Waals surface area contributed by atoms with Gasteiger partial charge >= 0.3 is 0 Å². The fourth-order valence-corrected chi connectivity index (χ4v) is 4.37. The molecule has 0 aliphatic heterocycles. The number of carbonyl (C=O) groups is 1. The standard InChI is InChI=1S/C23H25N3O3/c1-29-20-11-5-3-9-18(20)23(12-6-7-13-23)15-24-21(27)14-26-16-25-19-10-4-2-8-17(19)22(26)28/h2-5,8-11,16H,6-7,12-15H2,1H3,(H,24,27). The fraction of sp³-hybridized carbons (Fsp3) is 0.348. The molecule has 0 atom stereocenters. The first kappa shape index (κ1) is 19.2. The van der Waals surface area contributed by atoms with Gasteiger partial charge in [-0.15, -0.1) is 0 Å². The van der Waals surface area contributed by atoms with E-state index in [0.29, 0.717) is 17.4 Å². The lowest BCUT2D eigenvalue weighted by Gasteiger charge is -2.31.